The van der Waals surface area contributed by atoms with Crippen LogP contribution in [0.15, 0.2) is 11.7 Å². The number of fused-ring (bicyclic) bond motifs is 1. The van der Waals surface area contributed by atoms with E-state index in [1.807, 2.05) is 0 Å². The first kappa shape index (κ1) is 12.3. The highest BCUT2D eigenvalue weighted by atomic mass is 32.1. The van der Waals surface area contributed by atoms with E-state index >= 15 is 0 Å². The zero-order valence-electron chi connectivity index (χ0n) is 10.1. The fraction of sp³-hybridized carbons (Fsp3) is 0.500. The molecule has 2 N–H and O–H groups in total. The Labute approximate surface area is 105 Å². The van der Waals surface area contributed by atoms with Gasteiger partial charge >= 0.3 is 0 Å². The highest BCUT2D eigenvalue weighted by Gasteiger charge is 2.08. The van der Waals surface area contributed by atoms with E-state index in [-0.39, 0.29) is 6.61 Å². The molecule has 0 radical (unpaired) electrons. The van der Waals surface area contributed by atoms with Crippen LogP contribution in [0.2, 0.25) is 0 Å². The van der Waals surface area contributed by atoms with E-state index in [1.54, 1.807) is 17.7 Å². The van der Waals surface area contributed by atoms with Crippen molar-refractivity contribution in [3.05, 3.63) is 17.3 Å². The first-order chi connectivity index (χ1) is 8.22. The fourth-order valence-electron chi connectivity index (χ4n) is 1.69. The third kappa shape index (κ3) is 2.73. The molecule has 2 rings (SSSR count). The normalized spacial score (nSPS) is 12.9. The van der Waals surface area contributed by atoms with Crippen LogP contribution in [0.25, 0.3) is 10.2 Å². The summed E-state index contributed by atoms with van der Waals surface area (Å²) in [4.78, 5) is 8.56. The molecule has 1 atom stereocenters. The number of aliphatic hydroxyl groups is 1. The lowest BCUT2D eigenvalue weighted by atomic mass is 10.1. The van der Waals surface area contributed by atoms with Crippen LogP contribution < -0.4 is 5.32 Å². The smallest absolute Gasteiger partial charge is 0.147 e. The van der Waals surface area contributed by atoms with Gasteiger partial charge in [0.25, 0.3) is 0 Å². The molecule has 0 amide bonds. The molecule has 2 aromatic rings. The molecule has 4 nitrogen and oxygen atoms in total. The molecule has 2 heterocycles. The molecular formula is C12H17N3OS. The molecule has 92 valence electrons. The van der Waals surface area contributed by atoms with Crippen molar-refractivity contribution in [3.8, 4) is 0 Å². The largest absolute Gasteiger partial charge is 0.396 e. The molecule has 0 bridgehead atoms. The summed E-state index contributed by atoms with van der Waals surface area (Å²) in [6.45, 7) is 5.23. The molecule has 0 spiro atoms. The topological polar surface area (TPSA) is 58.0 Å². The minimum absolute atomic E-state index is 0.236. The van der Waals surface area contributed by atoms with Gasteiger partial charge in [-0.3, -0.25) is 0 Å². The molecule has 0 aromatic carbocycles. The number of aromatic nitrogens is 2. The van der Waals surface area contributed by atoms with Crippen molar-refractivity contribution < 1.29 is 5.11 Å². The van der Waals surface area contributed by atoms with Crippen molar-refractivity contribution in [2.75, 3.05) is 18.5 Å². The zero-order valence-corrected chi connectivity index (χ0v) is 10.9. The van der Waals surface area contributed by atoms with Gasteiger partial charge in [-0.15, -0.1) is 11.3 Å². The van der Waals surface area contributed by atoms with Gasteiger partial charge in [0.2, 0.25) is 0 Å². The van der Waals surface area contributed by atoms with Crippen LogP contribution in [0.1, 0.15) is 18.9 Å². The van der Waals surface area contributed by atoms with Gasteiger partial charge in [0, 0.05) is 13.2 Å². The lowest BCUT2D eigenvalue weighted by Crippen LogP contribution is -2.13. The van der Waals surface area contributed by atoms with E-state index in [1.165, 1.54) is 5.56 Å². The van der Waals surface area contributed by atoms with Crippen molar-refractivity contribution in [1.29, 1.82) is 0 Å². The molecule has 5 heteroatoms. The van der Waals surface area contributed by atoms with Gasteiger partial charge in [0.1, 0.15) is 12.1 Å². The van der Waals surface area contributed by atoms with Gasteiger partial charge in [0.15, 0.2) is 0 Å². The predicted molar refractivity (Wildman–Crippen MR) is 71.5 cm³/mol. The molecule has 0 aliphatic carbocycles. The van der Waals surface area contributed by atoms with Crippen molar-refractivity contribution in [1.82, 2.24) is 9.97 Å². The maximum absolute atomic E-state index is 8.86. The second-order valence-electron chi connectivity index (χ2n) is 4.32. The molecule has 2 aromatic heterocycles. The number of anilines is 1. The second kappa shape index (κ2) is 5.42. The number of aliphatic hydroxyl groups excluding tert-OH is 1. The van der Waals surface area contributed by atoms with Crippen molar-refractivity contribution in [2.24, 2.45) is 5.92 Å². The summed E-state index contributed by atoms with van der Waals surface area (Å²) in [6.07, 6.45) is 2.41. The molecule has 17 heavy (non-hydrogen) atoms. The first-order valence-electron chi connectivity index (χ1n) is 5.76. The summed E-state index contributed by atoms with van der Waals surface area (Å²) < 4.78 is 1.11. The van der Waals surface area contributed by atoms with Crippen LogP contribution in [0, 0.1) is 12.8 Å². The quantitative estimate of drug-likeness (QED) is 0.857. The van der Waals surface area contributed by atoms with Crippen molar-refractivity contribution in [2.45, 2.75) is 20.3 Å². The monoisotopic (exact) mass is 251 g/mol. The molecule has 0 aliphatic rings. The lowest BCUT2D eigenvalue weighted by Gasteiger charge is -2.11. The number of nitrogens with zero attached hydrogens (tertiary/aromatic N) is 2. The zero-order chi connectivity index (χ0) is 12.3. The minimum atomic E-state index is 0.236. The number of hydrogen-bond donors (Lipinski definition) is 2. The van der Waals surface area contributed by atoms with Crippen molar-refractivity contribution in [3.63, 3.8) is 0 Å². The summed E-state index contributed by atoms with van der Waals surface area (Å²) in [5.74, 6) is 1.34. The van der Waals surface area contributed by atoms with Crippen LogP contribution >= 0.6 is 11.3 Å². The van der Waals surface area contributed by atoms with Gasteiger partial charge in [-0.25, -0.2) is 9.97 Å². The molecular weight excluding hydrogens is 234 g/mol. The molecule has 0 saturated heterocycles. The van der Waals surface area contributed by atoms with Gasteiger partial charge in [0.05, 0.1) is 10.2 Å². The van der Waals surface area contributed by atoms with Crippen LogP contribution in [-0.4, -0.2) is 28.2 Å². The third-order valence-corrected chi connectivity index (χ3v) is 3.86. The summed E-state index contributed by atoms with van der Waals surface area (Å²) in [5.41, 5.74) is 2.22. The third-order valence-electron chi connectivity index (χ3n) is 2.77. The standard InChI is InChI=1S/C12H17N3OS/c1-8(3-4-16)5-13-12-11-10(14-7-15-12)9(2)6-17-11/h6-8,16H,3-5H2,1-2H3,(H,13,14,15). The summed E-state index contributed by atoms with van der Waals surface area (Å²) in [5, 5.41) is 14.3. The Morgan fingerprint density at radius 3 is 3.06 bits per heavy atom. The number of rotatable bonds is 5. The number of hydrogen-bond acceptors (Lipinski definition) is 5. The Morgan fingerprint density at radius 1 is 1.47 bits per heavy atom. The second-order valence-corrected chi connectivity index (χ2v) is 5.20. The predicted octanol–water partition coefficient (Wildman–Crippen LogP) is 2.43. The Hall–Kier alpha value is -1.20. The lowest BCUT2D eigenvalue weighted by molar-refractivity contribution is 0.266. The maximum Gasteiger partial charge on any atom is 0.147 e. The minimum Gasteiger partial charge on any atom is -0.396 e. The van der Waals surface area contributed by atoms with Crippen LogP contribution in [0.5, 0.6) is 0 Å². The average Bonchev–Trinajstić information content (AvgIpc) is 2.70. The number of thiophene rings is 1. The van der Waals surface area contributed by atoms with E-state index in [9.17, 15) is 0 Å². The van der Waals surface area contributed by atoms with E-state index < -0.39 is 0 Å². The van der Waals surface area contributed by atoms with E-state index in [0.29, 0.717) is 5.92 Å². The Balaban J connectivity index is 2.13. The summed E-state index contributed by atoms with van der Waals surface area (Å²) in [7, 11) is 0. The molecule has 0 fully saturated rings. The molecule has 0 aliphatic heterocycles. The van der Waals surface area contributed by atoms with Crippen LogP contribution in [0.3, 0.4) is 0 Å². The Morgan fingerprint density at radius 2 is 2.29 bits per heavy atom. The van der Waals surface area contributed by atoms with E-state index in [4.69, 9.17) is 5.11 Å². The molecule has 1 unspecified atom stereocenters. The maximum atomic E-state index is 8.86. The number of nitrogens with one attached hydrogen (secondary N) is 1. The summed E-state index contributed by atoms with van der Waals surface area (Å²) >= 11 is 1.67. The number of aryl methyl sites for hydroxylation is 1. The SMILES string of the molecule is Cc1csc2c(NCC(C)CCO)ncnc12. The van der Waals surface area contributed by atoms with Crippen LogP contribution in [0.4, 0.5) is 5.82 Å². The van der Waals surface area contributed by atoms with Crippen molar-refractivity contribution >= 4 is 27.4 Å². The highest BCUT2D eigenvalue weighted by Crippen LogP contribution is 2.28. The highest BCUT2D eigenvalue weighted by molar-refractivity contribution is 7.18. The molecule has 0 saturated carbocycles. The van der Waals surface area contributed by atoms with Gasteiger partial charge in [-0.1, -0.05) is 6.92 Å². The van der Waals surface area contributed by atoms with E-state index in [2.05, 4.69) is 34.5 Å². The van der Waals surface area contributed by atoms with E-state index in [0.717, 1.165) is 29.0 Å². The Kier molecular flexibility index (Phi) is 3.91. The fourth-order valence-corrected chi connectivity index (χ4v) is 2.66. The van der Waals surface area contributed by atoms with Crippen LogP contribution in [-0.2, 0) is 0 Å². The van der Waals surface area contributed by atoms with Gasteiger partial charge in [-0.2, -0.15) is 0 Å². The average molecular weight is 251 g/mol. The first-order valence-corrected chi connectivity index (χ1v) is 6.64. The summed E-state index contributed by atoms with van der Waals surface area (Å²) in [6, 6.07) is 0. The van der Waals surface area contributed by atoms with Gasteiger partial charge in [-0.05, 0) is 30.2 Å². The Bertz CT molecular complexity index is 497. The van der Waals surface area contributed by atoms with Gasteiger partial charge < -0.3 is 10.4 Å².